The van der Waals surface area contributed by atoms with E-state index in [2.05, 4.69) is 12.2 Å². The Balaban J connectivity index is 1.64. The average Bonchev–Trinajstić information content (AvgIpc) is 3.03. The van der Waals surface area contributed by atoms with E-state index in [0.29, 0.717) is 27.8 Å². The zero-order valence-electron chi connectivity index (χ0n) is 15.0. The lowest BCUT2D eigenvalue weighted by Crippen LogP contribution is -2.11. The largest absolute Gasteiger partial charge is 0.462 e. The van der Waals surface area contributed by atoms with E-state index in [4.69, 9.17) is 16.3 Å². The van der Waals surface area contributed by atoms with Gasteiger partial charge in [-0.15, -0.1) is 11.3 Å². The van der Waals surface area contributed by atoms with Crippen LogP contribution in [0.15, 0.2) is 48.5 Å². The molecule has 0 spiro atoms. The summed E-state index contributed by atoms with van der Waals surface area (Å²) in [7, 11) is 0. The van der Waals surface area contributed by atoms with E-state index in [1.807, 2.05) is 24.3 Å². The second kappa shape index (κ2) is 9.02. The van der Waals surface area contributed by atoms with Crippen LogP contribution in [0, 0.1) is 0 Å². The first-order valence-corrected chi connectivity index (χ1v) is 10.0. The van der Waals surface area contributed by atoms with E-state index in [1.54, 1.807) is 24.3 Å². The first-order chi connectivity index (χ1) is 13.1. The number of anilines is 1. The Hall–Kier alpha value is -2.37. The molecule has 0 saturated heterocycles. The van der Waals surface area contributed by atoms with Gasteiger partial charge in [0, 0.05) is 15.8 Å². The second-order valence-corrected chi connectivity index (χ2v) is 7.55. The van der Waals surface area contributed by atoms with Gasteiger partial charge in [0.05, 0.1) is 17.2 Å². The third-order valence-electron chi connectivity index (χ3n) is 4.10. The molecule has 1 amide bonds. The highest BCUT2D eigenvalue weighted by Crippen LogP contribution is 2.35. The molecule has 0 atom stereocenters. The maximum Gasteiger partial charge on any atom is 0.338 e. The Labute approximate surface area is 167 Å². The van der Waals surface area contributed by atoms with Gasteiger partial charge in [0.2, 0.25) is 0 Å². The highest BCUT2D eigenvalue weighted by molar-refractivity contribution is 7.21. The lowest BCUT2D eigenvalue weighted by atomic mass is 10.2. The summed E-state index contributed by atoms with van der Waals surface area (Å²) in [6.45, 7) is 2.52. The molecule has 0 aliphatic rings. The van der Waals surface area contributed by atoms with Crippen molar-refractivity contribution >= 4 is 50.6 Å². The third kappa shape index (κ3) is 4.67. The number of thiophene rings is 1. The van der Waals surface area contributed by atoms with Crippen LogP contribution in [0.25, 0.3) is 10.1 Å². The molecule has 0 aliphatic heterocycles. The van der Waals surface area contributed by atoms with E-state index < -0.39 is 0 Å². The maximum absolute atomic E-state index is 12.5. The SMILES string of the molecule is CCCCCOC(=O)c1ccc(NC(=O)c2sc3ccccc3c2Cl)cc1. The summed E-state index contributed by atoms with van der Waals surface area (Å²) in [5, 5.41) is 4.15. The Kier molecular flexibility index (Phi) is 6.48. The molecule has 6 heteroatoms. The van der Waals surface area contributed by atoms with Gasteiger partial charge in [-0.05, 0) is 36.8 Å². The van der Waals surface area contributed by atoms with Crippen molar-refractivity contribution in [2.75, 3.05) is 11.9 Å². The fraction of sp³-hybridized carbons (Fsp3) is 0.238. The predicted molar refractivity (Wildman–Crippen MR) is 111 cm³/mol. The van der Waals surface area contributed by atoms with Gasteiger partial charge in [-0.1, -0.05) is 49.6 Å². The van der Waals surface area contributed by atoms with Crippen molar-refractivity contribution in [1.82, 2.24) is 0 Å². The molecule has 27 heavy (non-hydrogen) atoms. The minimum absolute atomic E-state index is 0.268. The Morgan fingerprint density at radius 3 is 2.52 bits per heavy atom. The molecule has 2 aromatic carbocycles. The van der Waals surface area contributed by atoms with E-state index in [9.17, 15) is 9.59 Å². The van der Waals surface area contributed by atoms with Crippen molar-refractivity contribution in [3.63, 3.8) is 0 Å². The third-order valence-corrected chi connectivity index (χ3v) is 5.77. The molecule has 1 aromatic heterocycles. The molecule has 0 fully saturated rings. The zero-order valence-corrected chi connectivity index (χ0v) is 16.5. The Bertz CT molecular complexity index is 950. The number of carbonyl (C=O) groups is 2. The van der Waals surface area contributed by atoms with Crippen LogP contribution < -0.4 is 5.32 Å². The van der Waals surface area contributed by atoms with Crippen LogP contribution in [0.5, 0.6) is 0 Å². The Morgan fingerprint density at radius 1 is 1.07 bits per heavy atom. The van der Waals surface area contributed by atoms with Crippen LogP contribution in [-0.4, -0.2) is 18.5 Å². The van der Waals surface area contributed by atoms with E-state index in [-0.39, 0.29) is 11.9 Å². The van der Waals surface area contributed by atoms with Crippen molar-refractivity contribution in [3.8, 4) is 0 Å². The summed E-state index contributed by atoms with van der Waals surface area (Å²) in [5.74, 6) is -0.618. The quantitative estimate of drug-likeness (QED) is 0.381. The molecule has 0 aliphatic carbocycles. The highest BCUT2D eigenvalue weighted by atomic mass is 35.5. The van der Waals surface area contributed by atoms with Crippen molar-refractivity contribution in [1.29, 1.82) is 0 Å². The fourth-order valence-electron chi connectivity index (χ4n) is 2.64. The highest BCUT2D eigenvalue weighted by Gasteiger charge is 2.17. The van der Waals surface area contributed by atoms with Crippen molar-refractivity contribution < 1.29 is 14.3 Å². The molecule has 140 valence electrons. The van der Waals surface area contributed by atoms with Gasteiger partial charge >= 0.3 is 5.97 Å². The molecule has 0 radical (unpaired) electrons. The maximum atomic E-state index is 12.5. The van der Waals surface area contributed by atoms with E-state index in [0.717, 1.165) is 29.3 Å². The number of esters is 1. The van der Waals surface area contributed by atoms with Crippen molar-refractivity contribution in [2.45, 2.75) is 26.2 Å². The molecule has 0 bridgehead atoms. The summed E-state index contributed by atoms with van der Waals surface area (Å²) >= 11 is 7.70. The number of benzene rings is 2. The number of amides is 1. The molecule has 4 nitrogen and oxygen atoms in total. The lowest BCUT2D eigenvalue weighted by Gasteiger charge is -2.07. The zero-order chi connectivity index (χ0) is 19.2. The van der Waals surface area contributed by atoms with Gasteiger partial charge < -0.3 is 10.1 Å². The fourth-order valence-corrected chi connectivity index (χ4v) is 4.05. The molecule has 3 aromatic rings. The minimum Gasteiger partial charge on any atom is -0.462 e. The summed E-state index contributed by atoms with van der Waals surface area (Å²) < 4.78 is 6.19. The normalized spacial score (nSPS) is 10.7. The van der Waals surface area contributed by atoms with Crippen molar-refractivity contribution in [3.05, 3.63) is 64.0 Å². The molecule has 0 saturated carbocycles. The summed E-state index contributed by atoms with van der Waals surface area (Å²) in [6.07, 6.45) is 2.99. The summed E-state index contributed by atoms with van der Waals surface area (Å²) in [4.78, 5) is 25.0. The summed E-state index contributed by atoms with van der Waals surface area (Å²) in [6, 6.07) is 14.3. The number of nitrogens with one attached hydrogen (secondary N) is 1. The van der Waals surface area contributed by atoms with Crippen LogP contribution >= 0.6 is 22.9 Å². The number of carbonyl (C=O) groups excluding carboxylic acids is 2. The smallest absolute Gasteiger partial charge is 0.338 e. The number of rotatable bonds is 7. The van der Waals surface area contributed by atoms with E-state index >= 15 is 0 Å². The van der Waals surface area contributed by atoms with Gasteiger partial charge in [-0.2, -0.15) is 0 Å². The lowest BCUT2D eigenvalue weighted by molar-refractivity contribution is 0.0498. The molecular weight excluding hydrogens is 382 g/mol. The number of hydrogen-bond donors (Lipinski definition) is 1. The van der Waals surface area contributed by atoms with Crippen LogP contribution in [0.1, 0.15) is 46.2 Å². The van der Waals surface area contributed by atoms with Gasteiger partial charge in [-0.25, -0.2) is 4.79 Å². The predicted octanol–water partition coefficient (Wildman–Crippen LogP) is 6.15. The van der Waals surface area contributed by atoms with Crippen molar-refractivity contribution in [2.24, 2.45) is 0 Å². The second-order valence-electron chi connectivity index (χ2n) is 6.12. The van der Waals surface area contributed by atoms with Gasteiger partial charge in [0.15, 0.2) is 0 Å². The molecule has 0 unspecified atom stereocenters. The first kappa shape index (κ1) is 19.4. The molecular formula is C21H20ClNO3S. The van der Waals surface area contributed by atoms with Gasteiger partial charge in [0.25, 0.3) is 5.91 Å². The van der Waals surface area contributed by atoms with Crippen LogP contribution in [0.2, 0.25) is 5.02 Å². The number of unbranched alkanes of at least 4 members (excludes halogenated alkanes) is 2. The summed E-state index contributed by atoms with van der Waals surface area (Å²) in [5.41, 5.74) is 1.06. The average molecular weight is 402 g/mol. The number of halogens is 1. The van der Waals surface area contributed by atoms with Crippen LogP contribution in [0.3, 0.4) is 0 Å². The van der Waals surface area contributed by atoms with Crippen LogP contribution in [0.4, 0.5) is 5.69 Å². The minimum atomic E-state index is -0.350. The monoisotopic (exact) mass is 401 g/mol. The van der Waals surface area contributed by atoms with E-state index in [1.165, 1.54) is 11.3 Å². The first-order valence-electron chi connectivity index (χ1n) is 8.85. The number of ether oxygens (including phenoxy) is 1. The van der Waals surface area contributed by atoms with Gasteiger partial charge in [-0.3, -0.25) is 4.79 Å². The number of hydrogen-bond acceptors (Lipinski definition) is 4. The number of fused-ring (bicyclic) bond motifs is 1. The molecule has 3 rings (SSSR count). The molecule has 1 heterocycles. The van der Waals surface area contributed by atoms with Gasteiger partial charge in [0.1, 0.15) is 4.88 Å². The topological polar surface area (TPSA) is 55.4 Å². The standard InChI is InChI=1S/C21H20ClNO3S/c1-2-3-6-13-26-21(25)14-9-11-15(12-10-14)23-20(24)19-18(22)16-7-4-5-8-17(16)27-19/h4-5,7-12H,2-3,6,13H2,1H3,(H,23,24). The Morgan fingerprint density at radius 2 is 1.81 bits per heavy atom. The molecule has 1 N–H and O–H groups in total. The van der Waals surface area contributed by atoms with Crippen LogP contribution in [-0.2, 0) is 4.74 Å².